The van der Waals surface area contributed by atoms with Crippen LogP contribution in [0.15, 0.2) is 42.5 Å². The van der Waals surface area contributed by atoms with Crippen LogP contribution in [0.1, 0.15) is 53.2 Å². The van der Waals surface area contributed by atoms with Crippen LogP contribution in [0.4, 0.5) is 11.5 Å². The predicted octanol–water partition coefficient (Wildman–Crippen LogP) is 3.96. The summed E-state index contributed by atoms with van der Waals surface area (Å²) in [5.41, 5.74) is 4.30. The molecule has 2 atom stereocenters. The van der Waals surface area contributed by atoms with E-state index in [1.165, 1.54) is 0 Å². The predicted molar refractivity (Wildman–Crippen MR) is 138 cm³/mol. The van der Waals surface area contributed by atoms with E-state index in [1.807, 2.05) is 39.1 Å². The number of likely N-dealkylation sites (tertiary alicyclic amines) is 1. The largest absolute Gasteiger partial charge is 0.508 e. The number of phenolic OH excluding ortho intramolecular Hbond substituents is 1. The number of nitriles is 1. The molecule has 1 saturated heterocycles. The van der Waals surface area contributed by atoms with Gasteiger partial charge in [-0.25, -0.2) is 9.97 Å². The van der Waals surface area contributed by atoms with Gasteiger partial charge in [0.1, 0.15) is 22.8 Å². The molecule has 36 heavy (non-hydrogen) atoms. The van der Waals surface area contributed by atoms with Gasteiger partial charge in [-0.3, -0.25) is 4.79 Å². The third kappa shape index (κ3) is 3.86. The van der Waals surface area contributed by atoms with E-state index < -0.39 is 5.41 Å². The first-order chi connectivity index (χ1) is 17.2. The first kappa shape index (κ1) is 23.8. The van der Waals surface area contributed by atoms with Crippen molar-refractivity contribution in [3.63, 3.8) is 0 Å². The number of phenols is 1. The van der Waals surface area contributed by atoms with Gasteiger partial charge in [0, 0.05) is 17.8 Å². The fourth-order valence-electron chi connectivity index (χ4n) is 5.59. The van der Waals surface area contributed by atoms with E-state index >= 15 is 0 Å². The molecule has 2 aliphatic rings. The van der Waals surface area contributed by atoms with Gasteiger partial charge >= 0.3 is 0 Å². The lowest BCUT2D eigenvalue weighted by molar-refractivity contribution is -0.124. The number of rotatable bonds is 4. The fraction of sp³-hybridized carbons (Fsp3) is 0.357. The number of likely N-dealkylation sites (N-methyl/N-ethyl adjacent to an activating group) is 1. The molecule has 3 heterocycles. The molecule has 1 fully saturated rings. The van der Waals surface area contributed by atoms with Gasteiger partial charge in [0.2, 0.25) is 5.91 Å². The van der Waals surface area contributed by atoms with E-state index in [0.717, 1.165) is 34.6 Å². The van der Waals surface area contributed by atoms with Crippen LogP contribution < -0.4 is 10.2 Å². The molecule has 8 nitrogen and oxygen atoms in total. The zero-order chi connectivity index (χ0) is 25.6. The third-order valence-corrected chi connectivity index (χ3v) is 7.48. The van der Waals surface area contributed by atoms with Crippen LogP contribution in [0, 0.1) is 25.2 Å². The molecule has 1 amide bonds. The number of anilines is 2. The maximum atomic E-state index is 14.1. The van der Waals surface area contributed by atoms with Crippen LogP contribution in [0.2, 0.25) is 0 Å². The zero-order valence-electron chi connectivity index (χ0n) is 21.0. The minimum Gasteiger partial charge on any atom is -0.508 e. The molecule has 2 N–H and O–H groups in total. The molecule has 5 rings (SSSR count). The number of fused-ring (bicyclic) bond motifs is 2. The molecule has 2 aromatic carbocycles. The average Bonchev–Trinajstić information content (AvgIpc) is 3.25. The van der Waals surface area contributed by atoms with Crippen LogP contribution in [-0.4, -0.2) is 46.0 Å². The van der Waals surface area contributed by atoms with E-state index in [4.69, 9.17) is 9.97 Å². The van der Waals surface area contributed by atoms with Gasteiger partial charge in [-0.1, -0.05) is 12.1 Å². The van der Waals surface area contributed by atoms with Crippen LogP contribution >= 0.6 is 0 Å². The summed E-state index contributed by atoms with van der Waals surface area (Å²) < 4.78 is 0. The first-order valence-electron chi connectivity index (χ1n) is 12.2. The Balaban J connectivity index is 1.62. The second kappa shape index (κ2) is 8.92. The number of aryl methyl sites for hydroxylation is 1. The lowest BCUT2D eigenvalue weighted by Crippen LogP contribution is -2.53. The summed E-state index contributed by atoms with van der Waals surface area (Å²) in [6.45, 7) is 7.59. The molecular formula is C28H30N6O2. The van der Waals surface area contributed by atoms with Gasteiger partial charge in [0.25, 0.3) is 0 Å². The van der Waals surface area contributed by atoms with Gasteiger partial charge in [0.05, 0.1) is 29.9 Å². The highest BCUT2D eigenvalue weighted by atomic mass is 16.3. The van der Waals surface area contributed by atoms with Crippen LogP contribution in [0.25, 0.3) is 0 Å². The fourth-order valence-corrected chi connectivity index (χ4v) is 5.59. The smallest absolute Gasteiger partial charge is 0.240 e. The Bertz CT molecular complexity index is 1380. The van der Waals surface area contributed by atoms with E-state index in [2.05, 4.69) is 23.2 Å². The van der Waals surface area contributed by atoms with Crippen molar-refractivity contribution < 1.29 is 9.90 Å². The van der Waals surface area contributed by atoms with E-state index in [0.29, 0.717) is 36.7 Å². The Morgan fingerprint density at radius 2 is 1.92 bits per heavy atom. The van der Waals surface area contributed by atoms with Gasteiger partial charge in [-0.2, -0.15) is 5.26 Å². The van der Waals surface area contributed by atoms with Crippen molar-refractivity contribution in [3.05, 3.63) is 76.2 Å². The summed E-state index contributed by atoms with van der Waals surface area (Å²) >= 11 is 0. The Labute approximate surface area is 211 Å². The molecule has 0 aliphatic carbocycles. The average molecular weight is 483 g/mol. The second-order valence-corrected chi connectivity index (χ2v) is 9.92. The highest BCUT2D eigenvalue weighted by Crippen LogP contribution is 2.44. The Hall–Kier alpha value is -3.96. The van der Waals surface area contributed by atoms with Crippen LogP contribution in [0.3, 0.4) is 0 Å². The molecule has 0 radical (unpaired) electrons. The SMILES string of the molecule is Cc1nc(N[C@H](C)c2cccc(C#N)c2C)c2c(n1)C1(CCN(C)C1)C(=O)N(c1ccc(O)cc1)C2. The molecular weight excluding hydrogens is 452 g/mol. The Kier molecular flexibility index (Phi) is 5.89. The minimum atomic E-state index is -0.760. The van der Waals surface area contributed by atoms with Gasteiger partial charge < -0.3 is 20.2 Å². The summed E-state index contributed by atoms with van der Waals surface area (Å²) in [4.78, 5) is 27.7. The van der Waals surface area contributed by atoms with Crippen molar-refractivity contribution in [2.45, 2.75) is 45.2 Å². The number of hydrogen-bond donors (Lipinski definition) is 2. The molecule has 2 aliphatic heterocycles. The molecule has 1 spiro atoms. The Morgan fingerprint density at radius 1 is 1.17 bits per heavy atom. The number of carbonyl (C=O) groups is 1. The monoisotopic (exact) mass is 482 g/mol. The van der Waals surface area contributed by atoms with E-state index in [9.17, 15) is 15.2 Å². The molecule has 1 aromatic heterocycles. The van der Waals surface area contributed by atoms with E-state index in [1.54, 1.807) is 29.2 Å². The number of amides is 1. The topological polar surface area (TPSA) is 105 Å². The molecule has 1 unspecified atom stereocenters. The molecule has 0 saturated carbocycles. The van der Waals surface area contributed by atoms with Crippen molar-refractivity contribution in [3.8, 4) is 11.8 Å². The number of aromatic nitrogens is 2. The van der Waals surface area contributed by atoms with Crippen molar-refractivity contribution in [2.24, 2.45) is 0 Å². The Morgan fingerprint density at radius 3 is 2.58 bits per heavy atom. The first-order valence-corrected chi connectivity index (χ1v) is 12.2. The number of carbonyl (C=O) groups excluding carboxylic acids is 1. The van der Waals surface area contributed by atoms with Gasteiger partial charge in [0.15, 0.2) is 0 Å². The second-order valence-electron chi connectivity index (χ2n) is 9.92. The van der Waals surface area contributed by atoms with Crippen LogP contribution in [-0.2, 0) is 16.8 Å². The standard InChI is InChI=1S/C28H30N6O2/c1-17-20(14-29)6-5-7-23(17)18(2)30-26-24-15-34(21-8-10-22(35)11-9-21)27(36)28(12-13-33(4)16-28)25(24)31-19(3)32-26/h5-11,18,35H,12-13,15-16H2,1-4H3,(H,30,31,32)/t18-,28?/m1/s1. The summed E-state index contributed by atoms with van der Waals surface area (Å²) in [7, 11) is 2.03. The maximum Gasteiger partial charge on any atom is 0.240 e. The lowest BCUT2D eigenvalue weighted by Gasteiger charge is -2.41. The van der Waals surface area contributed by atoms with Gasteiger partial charge in [-0.05, 0) is 82.2 Å². The van der Waals surface area contributed by atoms with E-state index in [-0.39, 0.29) is 17.7 Å². The number of nitrogens with zero attached hydrogens (tertiary/aromatic N) is 5. The minimum absolute atomic E-state index is 0.0275. The van der Waals surface area contributed by atoms with Crippen molar-refractivity contribution in [1.82, 2.24) is 14.9 Å². The normalized spacial score (nSPS) is 20.3. The van der Waals surface area contributed by atoms with Crippen LogP contribution in [0.5, 0.6) is 5.75 Å². The third-order valence-electron chi connectivity index (χ3n) is 7.48. The highest BCUT2D eigenvalue weighted by molar-refractivity contribution is 6.03. The summed E-state index contributed by atoms with van der Waals surface area (Å²) in [5.74, 6) is 1.51. The van der Waals surface area contributed by atoms with Crippen molar-refractivity contribution >= 4 is 17.4 Å². The summed E-state index contributed by atoms with van der Waals surface area (Å²) in [5, 5.41) is 22.9. The van der Waals surface area contributed by atoms with Gasteiger partial charge in [-0.15, -0.1) is 0 Å². The quantitative estimate of drug-likeness (QED) is 0.580. The molecule has 0 bridgehead atoms. The molecule has 184 valence electrons. The molecule has 8 heteroatoms. The maximum absolute atomic E-state index is 14.1. The summed E-state index contributed by atoms with van der Waals surface area (Å²) in [6, 6.07) is 14.6. The number of nitrogens with one attached hydrogen (secondary N) is 1. The molecule has 3 aromatic rings. The lowest BCUT2D eigenvalue weighted by atomic mass is 9.76. The number of benzene rings is 2. The number of aromatic hydroxyl groups is 1. The zero-order valence-corrected chi connectivity index (χ0v) is 21.0. The highest BCUT2D eigenvalue weighted by Gasteiger charge is 2.53. The van der Waals surface area contributed by atoms with Crippen molar-refractivity contribution in [1.29, 1.82) is 5.26 Å². The number of hydrogen-bond acceptors (Lipinski definition) is 7. The summed E-state index contributed by atoms with van der Waals surface area (Å²) in [6.07, 6.45) is 0.679. The van der Waals surface area contributed by atoms with Crippen molar-refractivity contribution in [2.75, 3.05) is 30.4 Å².